The molecule has 1 rings (SSSR count). The second-order valence-electron chi connectivity index (χ2n) is 2.94. The minimum atomic E-state index is 0. The predicted octanol–water partition coefficient (Wildman–Crippen LogP) is 2.35. The summed E-state index contributed by atoms with van der Waals surface area (Å²) in [4.78, 5) is 0. The summed E-state index contributed by atoms with van der Waals surface area (Å²) in [6.07, 6.45) is 7.00. The molecule has 0 spiro atoms. The first-order valence-electron chi connectivity index (χ1n) is 4.17. The van der Waals surface area contributed by atoms with E-state index in [9.17, 15) is 0 Å². The van der Waals surface area contributed by atoms with E-state index in [1.807, 2.05) is 0 Å². The molecule has 0 radical (unpaired) electrons. The summed E-state index contributed by atoms with van der Waals surface area (Å²) in [5.74, 6) is 0. The highest BCUT2D eigenvalue weighted by Crippen LogP contribution is 2.17. The Morgan fingerprint density at radius 3 is 2.40 bits per heavy atom. The third-order valence-corrected chi connectivity index (χ3v) is 2.04. The minimum Gasteiger partial charge on any atom is -0.314 e. The SMILES string of the molecule is CCCNC1CCCC1.Cl. The Morgan fingerprint density at radius 1 is 1.30 bits per heavy atom. The molecule has 62 valence electrons. The molecular weight excluding hydrogens is 146 g/mol. The first-order valence-corrected chi connectivity index (χ1v) is 4.17. The molecule has 1 aliphatic rings. The third kappa shape index (κ3) is 3.43. The van der Waals surface area contributed by atoms with Crippen LogP contribution in [0.1, 0.15) is 39.0 Å². The van der Waals surface area contributed by atoms with Crippen molar-refractivity contribution in [1.82, 2.24) is 5.32 Å². The minimum absolute atomic E-state index is 0. The van der Waals surface area contributed by atoms with Gasteiger partial charge in [0.05, 0.1) is 0 Å². The summed E-state index contributed by atoms with van der Waals surface area (Å²) in [6.45, 7) is 3.44. The topological polar surface area (TPSA) is 12.0 Å². The lowest BCUT2D eigenvalue weighted by Crippen LogP contribution is -2.26. The molecule has 0 atom stereocenters. The van der Waals surface area contributed by atoms with E-state index in [1.54, 1.807) is 0 Å². The van der Waals surface area contributed by atoms with Gasteiger partial charge in [-0.2, -0.15) is 0 Å². The zero-order chi connectivity index (χ0) is 6.53. The van der Waals surface area contributed by atoms with Crippen molar-refractivity contribution < 1.29 is 0 Å². The zero-order valence-electron chi connectivity index (χ0n) is 6.73. The second-order valence-corrected chi connectivity index (χ2v) is 2.94. The lowest BCUT2D eigenvalue weighted by atomic mass is 10.2. The molecule has 10 heavy (non-hydrogen) atoms. The summed E-state index contributed by atoms with van der Waals surface area (Å²) in [5, 5.41) is 3.53. The van der Waals surface area contributed by atoms with Gasteiger partial charge >= 0.3 is 0 Å². The Kier molecular flexibility index (Phi) is 6.14. The Labute approximate surface area is 70.0 Å². The number of hydrogen-bond donors (Lipinski definition) is 1. The van der Waals surface area contributed by atoms with Crippen molar-refractivity contribution in [1.29, 1.82) is 0 Å². The lowest BCUT2D eigenvalue weighted by Gasteiger charge is -2.09. The van der Waals surface area contributed by atoms with Gasteiger partial charge < -0.3 is 5.32 Å². The fraction of sp³-hybridized carbons (Fsp3) is 1.00. The maximum absolute atomic E-state index is 3.53. The van der Waals surface area contributed by atoms with Gasteiger partial charge in [0.25, 0.3) is 0 Å². The van der Waals surface area contributed by atoms with Crippen LogP contribution in [0.5, 0.6) is 0 Å². The van der Waals surface area contributed by atoms with Crippen LogP contribution in [0.2, 0.25) is 0 Å². The van der Waals surface area contributed by atoms with Crippen molar-refractivity contribution in [3.8, 4) is 0 Å². The highest BCUT2D eigenvalue weighted by atomic mass is 35.5. The van der Waals surface area contributed by atoms with Gasteiger partial charge in [-0.05, 0) is 25.8 Å². The first-order chi connectivity index (χ1) is 4.43. The maximum atomic E-state index is 3.53. The normalized spacial score (nSPS) is 18.9. The highest BCUT2D eigenvalue weighted by Gasteiger charge is 2.12. The molecule has 0 bridgehead atoms. The average molecular weight is 164 g/mol. The van der Waals surface area contributed by atoms with E-state index in [0.717, 1.165) is 6.04 Å². The van der Waals surface area contributed by atoms with E-state index >= 15 is 0 Å². The van der Waals surface area contributed by atoms with Crippen LogP contribution in [0.3, 0.4) is 0 Å². The van der Waals surface area contributed by atoms with E-state index < -0.39 is 0 Å². The Morgan fingerprint density at radius 2 is 1.90 bits per heavy atom. The number of nitrogens with one attached hydrogen (secondary N) is 1. The van der Waals surface area contributed by atoms with Crippen molar-refractivity contribution in [2.75, 3.05) is 6.54 Å². The molecule has 0 aromatic carbocycles. The first kappa shape index (κ1) is 10.2. The molecule has 0 heterocycles. The fourth-order valence-electron chi connectivity index (χ4n) is 1.48. The highest BCUT2D eigenvalue weighted by molar-refractivity contribution is 5.85. The number of rotatable bonds is 3. The van der Waals surface area contributed by atoms with Gasteiger partial charge in [-0.3, -0.25) is 0 Å². The van der Waals surface area contributed by atoms with Crippen molar-refractivity contribution in [3.05, 3.63) is 0 Å². The van der Waals surface area contributed by atoms with Crippen LogP contribution in [0, 0.1) is 0 Å². The maximum Gasteiger partial charge on any atom is 0.00670 e. The number of hydrogen-bond acceptors (Lipinski definition) is 1. The molecule has 0 saturated heterocycles. The summed E-state index contributed by atoms with van der Waals surface area (Å²) in [5.41, 5.74) is 0. The average Bonchev–Trinajstić information content (AvgIpc) is 2.34. The van der Waals surface area contributed by atoms with Crippen molar-refractivity contribution in [2.45, 2.75) is 45.1 Å². The Balaban J connectivity index is 0.000000810. The van der Waals surface area contributed by atoms with Crippen LogP contribution < -0.4 is 5.32 Å². The summed E-state index contributed by atoms with van der Waals surface area (Å²) in [7, 11) is 0. The predicted molar refractivity (Wildman–Crippen MR) is 47.8 cm³/mol. The number of halogens is 1. The Hall–Kier alpha value is 0.250. The van der Waals surface area contributed by atoms with Gasteiger partial charge in [-0.1, -0.05) is 19.8 Å². The van der Waals surface area contributed by atoms with Gasteiger partial charge in [-0.25, -0.2) is 0 Å². The largest absolute Gasteiger partial charge is 0.314 e. The van der Waals surface area contributed by atoms with Gasteiger partial charge in [0, 0.05) is 6.04 Å². The molecule has 0 amide bonds. The lowest BCUT2D eigenvalue weighted by molar-refractivity contribution is 0.523. The molecule has 1 fully saturated rings. The van der Waals surface area contributed by atoms with Gasteiger partial charge in [-0.15, -0.1) is 12.4 Å². The molecule has 1 saturated carbocycles. The van der Waals surface area contributed by atoms with Crippen LogP contribution in [0.25, 0.3) is 0 Å². The summed E-state index contributed by atoms with van der Waals surface area (Å²) >= 11 is 0. The Bertz CT molecular complexity index is 69.7. The molecule has 0 aromatic rings. The van der Waals surface area contributed by atoms with Gasteiger partial charge in [0.1, 0.15) is 0 Å². The van der Waals surface area contributed by atoms with Gasteiger partial charge in [0.2, 0.25) is 0 Å². The van der Waals surface area contributed by atoms with Crippen molar-refractivity contribution in [2.24, 2.45) is 0 Å². The standard InChI is InChI=1S/C8H17N.ClH/c1-2-7-9-8-5-3-4-6-8;/h8-9H,2-7H2,1H3;1H. The van der Waals surface area contributed by atoms with E-state index in [2.05, 4.69) is 12.2 Å². The molecule has 1 aliphatic carbocycles. The van der Waals surface area contributed by atoms with Crippen molar-refractivity contribution >= 4 is 12.4 Å². The van der Waals surface area contributed by atoms with E-state index in [1.165, 1.54) is 38.6 Å². The van der Waals surface area contributed by atoms with Crippen LogP contribution in [-0.2, 0) is 0 Å². The molecule has 1 nitrogen and oxygen atoms in total. The van der Waals surface area contributed by atoms with Crippen LogP contribution >= 0.6 is 12.4 Å². The smallest absolute Gasteiger partial charge is 0.00670 e. The monoisotopic (exact) mass is 163 g/mol. The second kappa shape index (κ2) is 5.99. The van der Waals surface area contributed by atoms with Gasteiger partial charge in [0.15, 0.2) is 0 Å². The van der Waals surface area contributed by atoms with E-state index in [4.69, 9.17) is 0 Å². The molecule has 0 unspecified atom stereocenters. The van der Waals surface area contributed by atoms with Crippen LogP contribution in [-0.4, -0.2) is 12.6 Å². The summed E-state index contributed by atoms with van der Waals surface area (Å²) < 4.78 is 0. The van der Waals surface area contributed by atoms with E-state index in [0.29, 0.717) is 0 Å². The van der Waals surface area contributed by atoms with Crippen LogP contribution in [0.15, 0.2) is 0 Å². The quantitative estimate of drug-likeness (QED) is 0.674. The summed E-state index contributed by atoms with van der Waals surface area (Å²) in [6, 6.07) is 0.866. The molecule has 1 N–H and O–H groups in total. The zero-order valence-corrected chi connectivity index (χ0v) is 7.54. The fourth-order valence-corrected chi connectivity index (χ4v) is 1.48. The molecular formula is C8H18ClN. The molecule has 0 aliphatic heterocycles. The molecule has 0 aromatic heterocycles. The van der Waals surface area contributed by atoms with E-state index in [-0.39, 0.29) is 12.4 Å². The van der Waals surface area contributed by atoms with Crippen LogP contribution in [0.4, 0.5) is 0 Å². The molecule has 2 heteroatoms. The third-order valence-electron chi connectivity index (χ3n) is 2.04. The van der Waals surface area contributed by atoms with Crippen molar-refractivity contribution in [3.63, 3.8) is 0 Å².